The first kappa shape index (κ1) is 21.5. The van der Waals surface area contributed by atoms with Gasteiger partial charge in [-0.05, 0) is 24.6 Å². The van der Waals surface area contributed by atoms with Crippen molar-refractivity contribution in [3.8, 4) is 0 Å². The van der Waals surface area contributed by atoms with Gasteiger partial charge in [0.25, 0.3) is 0 Å². The normalized spacial score (nSPS) is 11.6. The van der Waals surface area contributed by atoms with Gasteiger partial charge < -0.3 is 9.11 Å². The van der Waals surface area contributed by atoms with E-state index >= 15 is 0 Å². The van der Waals surface area contributed by atoms with E-state index in [9.17, 15) is 25.9 Å². The molecule has 0 amide bonds. The van der Waals surface area contributed by atoms with Crippen LogP contribution in [-0.2, 0) is 20.2 Å². The van der Waals surface area contributed by atoms with Crippen molar-refractivity contribution in [1.82, 2.24) is 0 Å². The Morgan fingerprint density at radius 2 is 1.33 bits per heavy atom. The average molecular weight is 346 g/mol. The molecule has 0 radical (unpaired) electrons. The first-order chi connectivity index (χ1) is 8.60. The fourth-order valence-corrected chi connectivity index (χ4v) is 3.35. The topological polar surface area (TPSA) is 114 Å². The zero-order valence-corrected chi connectivity index (χ0v) is 17.3. The minimum atomic E-state index is -4.76. The molecule has 0 aliphatic rings. The van der Waals surface area contributed by atoms with Gasteiger partial charge in [0.05, 0.1) is 9.79 Å². The van der Waals surface area contributed by atoms with Crippen LogP contribution in [0.4, 0.5) is 0 Å². The van der Waals surface area contributed by atoms with E-state index in [1.807, 2.05) is 0 Å². The van der Waals surface area contributed by atoms with Crippen LogP contribution in [0.25, 0.3) is 10.8 Å². The summed E-state index contributed by atoms with van der Waals surface area (Å²) in [5, 5.41) is -0.135. The molecule has 6 nitrogen and oxygen atoms in total. The van der Waals surface area contributed by atoms with Gasteiger partial charge in [-0.2, -0.15) is 0 Å². The van der Waals surface area contributed by atoms with E-state index in [4.69, 9.17) is 0 Å². The van der Waals surface area contributed by atoms with Gasteiger partial charge in [0.15, 0.2) is 0 Å². The van der Waals surface area contributed by atoms with Gasteiger partial charge in [0, 0.05) is 10.8 Å². The molecule has 0 saturated carbocycles. The van der Waals surface area contributed by atoms with E-state index in [-0.39, 0.29) is 69.9 Å². The Bertz CT molecular complexity index is 875. The summed E-state index contributed by atoms with van der Waals surface area (Å²) >= 11 is 0. The second-order valence-electron chi connectivity index (χ2n) is 4.02. The molecule has 0 unspecified atom stereocenters. The standard InChI is InChI=1S/C11H10O6S2.2Na/c1-7-5-9-8(11(6-7)19(15,16)17)3-2-4-10(9)18(12,13)14;;/h2-6H,1H3,(H,12,13,14)(H,15,16,17);;/q;2*+1/p-2. The Labute approximate surface area is 167 Å². The van der Waals surface area contributed by atoms with Gasteiger partial charge in [-0.15, -0.1) is 0 Å². The maximum absolute atomic E-state index is 11.2. The molecule has 0 spiro atoms. The molecular weight excluding hydrogens is 338 g/mol. The van der Waals surface area contributed by atoms with Crippen molar-refractivity contribution in [1.29, 1.82) is 0 Å². The Morgan fingerprint density at radius 1 is 0.810 bits per heavy atom. The molecule has 2 rings (SSSR count). The van der Waals surface area contributed by atoms with E-state index in [0.29, 0.717) is 5.56 Å². The van der Waals surface area contributed by atoms with Crippen LogP contribution in [0, 0.1) is 6.92 Å². The molecule has 10 heteroatoms. The summed E-state index contributed by atoms with van der Waals surface area (Å²) in [6.07, 6.45) is 0. The van der Waals surface area contributed by atoms with Crippen molar-refractivity contribution in [2.75, 3.05) is 0 Å². The smallest absolute Gasteiger partial charge is 0.744 e. The Balaban J connectivity index is 0.00000200. The van der Waals surface area contributed by atoms with Crippen molar-refractivity contribution in [3.05, 3.63) is 35.9 Å². The van der Waals surface area contributed by atoms with Crippen molar-refractivity contribution in [3.63, 3.8) is 0 Å². The summed E-state index contributed by atoms with van der Waals surface area (Å²) in [6.45, 7) is 1.50. The van der Waals surface area contributed by atoms with E-state index < -0.39 is 30.0 Å². The monoisotopic (exact) mass is 346 g/mol. The molecule has 2 aromatic rings. The maximum atomic E-state index is 11.2. The summed E-state index contributed by atoms with van der Waals surface area (Å²) in [6, 6.07) is 6.08. The Kier molecular flexibility index (Phi) is 7.58. The third kappa shape index (κ3) is 4.74. The van der Waals surface area contributed by atoms with Crippen molar-refractivity contribution in [2.45, 2.75) is 16.7 Å². The van der Waals surface area contributed by atoms with Crippen LogP contribution >= 0.6 is 0 Å². The average Bonchev–Trinajstić information content (AvgIpc) is 2.24. The first-order valence-corrected chi connectivity index (χ1v) is 7.87. The molecule has 102 valence electrons. The second-order valence-corrected chi connectivity index (χ2v) is 6.72. The first-order valence-electron chi connectivity index (χ1n) is 5.06. The Hall–Kier alpha value is 0.520. The molecule has 2 aromatic carbocycles. The van der Waals surface area contributed by atoms with Crippen molar-refractivity contribution < 1.29 is 85.1 Å². The number of rotatable bonds is 2. The quantitative estimate of drug-likeness (QED) is 0.397. The molecule has 0 bridgehead atoms. The zero-order chi connectivity index (χ0) is 14.4. The number of benzene rings is 2. The molecule has 0 heterocycles. The van der Waals surface area contributed by atoms with Crippen LogP contribution in [-0.4, -0.2) is 25.9 Å². The van der Waals surface area contributed by atoms with E-state index in [0.717, 1.165) is 12.1 Å². The minimum absolute atomic E-state index is 0. The third-order valence-electron chi connectivity index (χ3n) is 2.60. The summed E-state index contributed by atoms with van der Waals surface area (Å²) in [5.41, 5.74) is 0.373. The molecule has 0 aliphatic carbocycles. The largest absolute Gasteiger partial charge is 1.00 e. The molecule has 21 heavy (non-hydrogen) atoms. The summed E-state index contributed by atoms with van der Waals surface area (Å²) in [5.74, 6) is 0. The predicted molar refractivity (Wildman–Crippen MR) is 64.6 cm³/mol. The number of hydrogen-bond acceptors (Lipinski definition) is 6. The van der Waals surface area contributed by atoms with Gasteiger partial charge in [0.1, 0.15) is 20.2 Å². The van der Waals surface area contributed by atoms with Gasteiger partial charge in [-0.25, -0.2) is 16.8 Å². The molecule has 0 fully saturated rings. The van der Waals surface area contributed by atoms with Crippen LogP contribution in [0.2, 0.25) is 0 Å². The van der Waals surface area contributed by atoms with Gasteiger partial charge in [-0.3, -0.25) is 0 Å². The van der Waals surface area contributed by atoms with E-state index in [1.165, 1.54) is 25.1 Å². The number of aryl methyl sites for hydroxylation is 1. The summed E-state index contributed by atoms with van der Waals surface area (Å²) in [4.78, 5) is -1.08. The third-order valence-corrected chi connectivity index (χ3v) is 4.37. The minimum Gasteiger partial charge on any atom is -0.744 e. The Morgan fingerprint density at radius 3 is 1.81 bits per heavy atom. The predicted octanol–water partition coefficient (Wildman–Crippen LogP) is -5.04. The molecule has 0 saturated heterocycles. The van der Waals surface area contributed by atoms with Crippen LogP contribution < -0.4 is 59.1 Å². The SMILES string of the molecule is Cc1cc(S(=O)(=O)[O-])c2cccc(S(=O)(=O)[O-])c2c1.[Na+].[Na+]. The van der Waals surface area contributed by atoms with Crippen LogP contribution in [0.15, 0.2) is 40.1 Å². The van der Waals surface area contributed by atoms with Crippen LogP contribution in [0.1, 0.15) is 5.56 Å². The van der Waals surface area contributed by atoms with Gasteiger partial charge in [-0.1, -0.05) is 18.2 Å². The molecule has 0 atom stereocenters. The van der Waals surface area contributed by atoms with Gasteiger partial charge in [0.2, 0.25) is 0 Å². The van der Waals surface area contributed by atoms with Gasteiger partial charge >= 0.3 is 59.1 Å². The fraction of sp³-hybridized carbons (Fsp3) is 0.0909. The van der Waals surface area contributed by atoms with Crippen LogP contribution in [0.3, 0.4) is 0 Å². The zero-order valence-electron chi connectivity index (χ0n) is 11.7. The van der Waals surface area contributed by atoms with Crippen molar-refractivity contribution >= 4 is 31.0 Å². The number of fused-ring (bicyclic) bond motifs is 1. The fourth-order valence-electron chi connectivity index (χ4n) is 1.89. The number of hydrogen-bond donors (Lipinski definition) is 0. The molecule has 0 aliphatic heterocycles. The van der Waals surface area contributed by atoms with E-state index in [1.54, 1.807) is 0 Å². The second kappa shape index (κ2) is 7.39. The molecular formula is C11H8Na2O6S2. The summed E-state index contributed by atoms with van der Waals surface area (Å²) < 4.78 is 66.9. The molecule has 0 aromatic heterocycles. The van der Waals surface area contributed by atoms with Crippen molar-refractivity contribution in [2.24, 2.45) is 0 Å². The van der Waals surface area contributed by atoms with Crippen LogP contribution in [0.5, 0.6) is 0 Å². The molecule has 0 N–H and O–H groups in total. The maximum Gasteiger partial charge on any atom is 1.00 e. The van der Waals surface area contributed by atoms with E-state index in [2.05, 4.69) is 0 Å². The summed E-state index contributed by atoms with van der Waals surface area (Å²) in [7, 11) is -9.52.